The first-order valence-electron chi connectivity index (χ1n) is 10.1. The van der Waals surface area contributed by atoms with Gasteiger partial charge in [0.2, 0.25) is 0 Å². The summed E-state index contributed by atoms with van der Waals surface area (Å²) in [5.74, 6) is 0.166. The smallest absolute Gasteiger partial charge is 0.335 e. The van der Waals surface area contributed by atoms with E-state index in [4.69, 9.17) is 9.47 Å². The topological polar surface area (TPSA) is 71.5 Å². The molecule has 1 heterocycles. The molecular weight excluding hydrogens is 366 g/mol. The third kappa shape index (κ3) is 3.75. The molecule has 4 rings (SSSR count). The van der Waals surface area contributed by atoms with E-state index in [1.807, 2.05) is 18.3 Å². The van der Waals surface area contributed by atoms with Crippen LogP contribution in [0, 0.1) is 13.8 Å². The molecule has 1 saturated carbocycles. The van der Waals surface area contributed by atoms with Crippen LogP contribution in [0.3, 0.4) is 0 Å². The highest BCUT2D eigenvalue weighted by Crippen LogP contribution is 2.40. The predicted molar refractivity (Wildman–Crippen MR) is 113 cm³/mol. The minimum Gasteiger partial charge on any atom is -0.489 e. The van der Waals surface area contributed by atoms with E-state index in [1.54, 1.807) is 19.2 Å². The highest BCUT2D eigenvalue weighted by Gasteiger charge is 2.34. The lowest BCUT2D eigenvalue weighted by Crippen LogP contribution is -2.35. The van der Waals surface area contributed by atoms with E-state index < -0.39 is 5.97 Å². The molecule has 0 bridgehead atoms. The molecule has 0 amide bonds. The number of nitrogens with one attached hydrogen (secondary N) is 1. The molecule has 2 unspecified atom stereocenters. The molecule has 152 valence electrons. The van der Waals surface area contributed by atoms with Crippen molar-refractivity contribution >= 4 is 16.9 Å². The van der Waals surface area contributed by atoms with Crippen molar-refractivity contribution in [2.45, 2.75) is 51.2 Å². The van der Waals surface area contributed by atoms with Crippen LogP contribution < -0.4 is 4.74 Å². The number of carboxylic acid groups (broad SMARTS) is 1. The Morgan fingerprint density at radius 1 is 1.10 bits per heavy atom. The number of aryl methyl sites for hydroxylation is 2. The molecule has 3 atom stereocenters. The largest absolute Gasteiger partial charge is 0.489 e. The highest BCUT2D eigenvalue weighted by atomic mass is 16.5. The molecule has 1 aromatic heterocycles. The van der Waals surface area contributed by atoms with Gasteiger partial charge in [-0.1, -0.05) is 18.2 Å². The first-order valence-corrected chi connectivity index (χ1v) is 10.1. The molecule has 1 aliphatic carbocycles. The number of carboxylic acids is 1. The molecule has 0 spiro atoms. The minimum atomic E-state index is -0.909. The maximum Gasteiger partial charge on any atom is 0.335 e. The number of fused-ring (bicyclic) bond motifs is 1. The summed E-state index contributed by atoms with van der Waals surface area (Å²) in [5.41, 5.74) is 4.84. The molecular formula is C24H27NO4. The predicted octanol–water partition coefficient (Wildman–Crippen LogP) is 5.21. The van der Waals surface area contributed by atoms with Crippen LogP contribution in [-0.4, -0.2) is 35.4 Å². The summed E-state index contributed by atoms with van der Waals surface area (Å²) in [6.45, 7) is 4.19. The van der Waals surface area contributed by atoms with Crippen molar-refractivity contribution in [3.63, 3.8) is 0 Å². The van der Waals surface area contributed by atoms with Crippen molar-refractivity contribution in [3.8, 4) is 5.75 Å². The molecule has 2 N–H and O–H groups in total. The monoisotopic (exact) mass is 393 g/mol. The fourth-order valence-corrected chi connectivity index (χ4v) is 4.55. The van der Waals surface area contributed by atoms with Gasteiger partial charge in [0.1, 0.15) is 11.9 Å². The lowest BCUT2D eigenvalue weighted by molar-refractivity contribution is 0.0193. The Kier molecular flexibility index (Phi) is 5.33. The summed E-state index contributed by atoms with van der Waals surface area (Å²) in [4.78, 5) is 14.5. The molecule has 0 radical (unpaired) electrons. The van der Waals surface area contributed by atoms with Crippen LogP contribution in [0.2, 0.25) is 0 Å². The van der Waals surface area contributed by atoms with E-state index in [2.05, 4.69) is 31.0 Å². The van der Waals surface area contributed by atoms with Crippen molar-refractivity contribution < 1.29 is 19.4 Å². The Bertz CT molecular complexity index is 1020. The number of hydrogen-bond acceptors (Lipinski definition) is 3. The number of rotatable bonds is 5. The number of aromatic nitrogens is 1. The van der Waals surface area contributed by atoms with Gasteiger partial charge in [0, 0.05) is 24.6 Å². The zero-order valence-electron chi connectivity index (χ0n) is 17.1. The van der Waals surface area contributed by atoms with Crippen LogP contribution in [0.15, 0.2) is 42.6 Å². The summed E-state index contributed by atoms with van der Waals surface area (Å²) in [5, 5.41) is 10.3. The lowest BCUT2D eigenvalue weighted by Gasteiger charge is -2.36. The van der Waals surface area contributed by atoms with Gasteiger partial charge in [0.05, 0.1) is 17.2 Å². The lowest BCUT2D eigenvalue weighted by atomic mass is 9.79. The van der Waals surface area contributed by atoms with Crippen molar-refractivity contribution in [2.75, 3.05) is 7.11 Å². The molecule has 3 aromatic rings. The van der Waals surface area contributed by atoms with Crippen LogP contribution in [0.25, 0.3) is 10.9 Å². The Morgan fingerprint density at radius 2 is 1.86 bits per heavy atom. The Morgan fingerprint density at radius 3 is 2.55 bits per heavy atom. The van der Waals surface area contributed by atoms with Crippen LogP contribution in [-0.2, 0) is 4.74 Å². The van der Waals surface area contributed by atoms with E-state index in [0.717, 1.165) is 47.0 Å². The maximum absolute atomic E-state index is 11.2. The second kappa shape index (κ2) is 7.91. The average molecular weight is 393 g/mol. The molecule has 5 nitrogen and oxygen atoms in total. The van der Waals surface area contributed by atoms with Gasteiger partial charge in [0.15, 0.2) is 0 Å². The van der Waals surface area contributed by atoms with Crippen molar-refractivity contribution in [3.05, 3.63) is 64.8 Å². The second-order valence-electron chi connectivity index (χ2n) is 7.97. The van der Waals surface area contributed by atoms with E-state index in [-0.39, 0.29) is 18.1 Å². The third-order valence-corrected chi connectivity index (χ3v) is 6.10. The zero-order chi connectivity index (χ0) is 20.5. The van der Waals surface area contributed by atoms with Crippen LogP contribution in [0.4, 0.5) is 0 Å². The summed E-state index contributed by atoms with van der Waals surface area (Å²) in [6, 6.07) is 11.4. The first-order chi connectivity index (χ1) is 14.0. The molecule has 0 saturated heterocycles. The summed E-state index contributed by atoms with van der Waals surface area (Å²) in [7, 11) is 1.75. The molecule has 1 fully saturated rings. The van der Waals surface area contributed by atoms with Gasteiger partial charge in [-0.15, -0.1) is 0 Å². The summed E-state index contributed by atoms with van der Waals surface area (Å²) >= 11 is 0. The number of aromatic carboxylic acids is 1. The van der Waals surface area contributed by atoms with E-state index in [9.17, 15) is 9.90 Å². The molecule has 0 aliphatic heterocycles. The van der Waals surface area contributed by atoms with Crippen molar-refractivity contribution in [2.24, 2.45) is 0 Å². The fourth-order valence-electron chi connectivity index (χ4n) is 4.55. The van der Waals surface area contributed by atoms with Gasteiger partial charge >= 0.3 is 5.97 Å². The van der Waals surface area contributed by atoms with Crippen molar-refractivity contribution in [1.82, 2.24) is 4.98 Å². The van der Waals surface area contributed by atoms with Crippen LogP contribution in [0.1, 0.15) is 52.2 Å². The average Bonchev–Trinajstić information content (AvgIpc) is 3.21. The van der Waals surface area contributed by atoms with E-state index in [1.165, 1.54) is 5.56 Å². The van der Waals surface area contributed by atoms with Gasteiger partial charge in [0.25, 0.3) is 0 Å². The summed E-state index contributed by atoms with van der Waals surface area (Å²) < 4.78 is 12.3. The molecule has 1 aliphatic rings. The van der Waals surface area contributed by atoms with Gasteiger partial charge in [-0.25, -0.2) is 4.79 Å². The van der Waals surface area contributed by atoms with Crippen molar-refractivity contribution in [1.29, 1.82) is 0 Å². The van der Waals surface area contributed by atoms with Crippen LogP contribution >= 0.6 is 0 Å². The highest BCUT2D eigenvalue weighted by molar-refractivity contribution is 5.90. The molecule has 5 heteroatoms. The maximum atomic E-state index is 11.2. The number of aromatic amines is 1. The van der Waals surface area contributed by atoms with Gasteiger partial charge in [-0.3, -0.25) is 0 Å². The fraction of sp³-hybridized carbons (Fsp3) is 0.375. The quantitative estimate of drug-likeness (QED) is 0.624. The normalized spacial score (nSPS) is 22.0. The second-order valence-corrected chi connectivity index (χ2v) is 7.97. The minimum absolute atomic E-state index is 0.0107. The van der Waals surface area contributed by atoms with E-state index >= 15 is 0 Å². The number of carbonyl (C=O) groups is 1. The number of H-pyrrole nitrogens is 1. The number of benzene rings is 2. The Balaban J connectivity index is 1.68. The Labute approximate surface area is 170 Å². The zero-order valence-corrected chi connectivity index (χ0v) is 17.1. The third-order valence-electron chi connectivity index (χ3n) is 6.10. The van der Waals surface area contributed by atoms with Gasteiger partial charge in [-0.2, -0.15) is 0 Å². The number of hydrogen-bond donors (Lipinski definition) is 2. The number of methoxy groups -OCH3 is 1. The first kappa shape index (κ1) is 19.5. The number of ether oxygens (including phenoxy) is 2. The standard InChI is InChI=1S/C24H27NO4/c1-14-12-15(2)23(19-10-11-25-22(14)19)29-21-9-8-18(28-3)13-20(21)16-4-6-17(7-5-16)24(26)27/h4-7,10-12,18,20-21,25H,8-9,13H2,1-3H3,(H,26,27)/t18?,20?,21-/m0/s1. The Hall–Kier alpha value is -2.79. The molecule has 2 aromatic carbocycles. The molecule has 29 heavy (non-hydrogen) atoms. The SMILES string of the molecule is COC1CC[C@H](Oc2c(C)cc(C)c3[nH]ccc23)C(c2ccc(C(=O)O)cc2)C1. The van der Waals surface area contributed by atoms with Gasteiger partial charge < -0.3 is 19.6 Å². The van der Waals surface area contributed by atoms with Gasteiger partial charge in [-0.05, 0) is 68.0 Å². The van der Waals surface area contributed by atoms with Crippen LogP contribution in [0.5, 0.6) is 5.75 Å². The van der Waals surface area contributed by atoms with E-state index in [0.29, 0.717) is 5.56 Å². The summed E-state index contributed by atoms with van der Waals surface area (Å²) in [6.07, 6.45) is 4.85.